The van der Waals surface area contributed by atoms with Crippen LogP contribution < -0.4 is 15.9 Å². The van der Waals surface area contributed by atoms with E-state index in [1.165, 1.54) is 47.6 Å². The highest BCUT2D eigenvalue weighted by atomic mass is 19.4. The van der Waals surface area contributed by atoms with Gasteiger partial charge in [0.05, 0.1) is 12.2 Å². The number of unbranched alkanes of at least 4 members (excludes halogenated alkanes) is 2. The second-order valence-corrected chi connectivity index (χ2v) is 13.9. The van der Waals surface area contributed by atoms with E-state index in [4.69, 9.17) is 20.4 Å². The Hall–Kier alpha value is -3.88. The molecule has 0 bridgehead atoms. The highest BCUT2D eigenvalue weighted by molar-refractivity contribution is 5.70. The number of rotatable bonds is 15. The molecule has 2 aromatic carbocycles. The molecule has 0 radical (unpaired) electrons. The first-order chi connectivity index (χ1) is 26.4. The molecule has 2 atom stereocenters. The number of halogens is 3. The van der Waals surface area contributed by atoms with Crippen LogP contribution in [0.4, 0.5) is 13.2 Å². The monoisotopic (exact) mass is 790 g/mol. The molecule has 9 heteroatoms. The van der Waals surface area contributed by atoms with Crippen LogP contribution in [0, 0.1) is 19.8 Å². The zero-order chi connectivity index (χ0) is 43.7. The summed E-state index contributed by atoms with van der Waals surface area (Å²) in [4.78, 5) is 4.31. The van der Waals surface area contributed by atoms with Gasteiger partial charge in [-0.05, 0) is 95.0 Å². The van der Waals surface area contributed by atoms with E-state index in [2.05, 4.69) is 110 Å². The van der Waals surface area contributed by atoms with Crippen molar-refractivity contribution in [1.29, 1.82) is 0 Å². The van der Waals surface area contributed by atoms with E-state index < -0.39 is 11.7 Å². The third-order valence-electron chi connectivity index (χ3n) is 8.80. The fourth-order valence-electron chi connectivity index (χ4n) is 4.35. The third kappa shape index (κ3) is 27.7. The van der Waals surface area contributed by atoms with E-state index in [0.717, 1.165) is 50.5 Å². The van der Waals surface area contributed by atoms with Crippen molar-refractivity contribution in [2.45, 2.75) is 173 Å². The van der Waals surface area contributed by atoms with Crippen molar-refractivity contribution < 1.29 is 27.8 Å². The fraction of sp³-hybridized carbons (Fsp3) is 0.596. The first-order valence-electron chi connectivity index (χ1n) is 20.7. The molecule has 320 valence electrons. The fourth-order valence-corrected chi connectivity index (χ4v) is 4.35. The van der Waals surface area contributed by atoms with Crippen LogP contribution in [0.5, 0.6) is 5.75 Å². The molecule has 2 unspecified atom stereocenters. The maximum Gasteiger partial charge on any atom is 0.419 e. The average molecular weight is 790 g/mol. The summed E-state index contributed by atoms with van der Waals surface area (Å²) in [6.45, 7) is 32.8. The first kappa shape index (κ1) is 56.5. The molecular weight excluding hydrogens is 710 g/mol. The first-order valence-corrected chi connectivity index (χ1v) is 20.7. The van der Waals surface area contributed by atoms with Gasteiger partial charge in [-0.3, -0.25) is 11.1 Å². The summed E-state index contributed by atoms with van der Waals surface area (Å²) in [7, 11) is 0. The van der Waals surface area contributed by atoms with Gasteiger partial charge in [-0.2, -0.15) is 18.2 Å². The second kappa shape index (κ2) is 34.4. The van der Waals surface area contributed by atoms with Crippen LogP contribution >= 0.6 is 0 Å². The smallest absolute Gasteiger partial charge is 0.419 e. The minimum Gasteiger partial charge on any atom is -0.493 e. The van der Waals surface area contributed by atoms with Crippen molar-refractivity contribution in [1.82, 2.24) is 10.1 Å². The number of alkyl halides is 3. The van der Waals surface area contributed by atoms with Gasteiger partial charge in [-0.25, -0.2) is 0 Å². The van der Waals surface area contributed by atoms with Gasteiger partial charge >= 0.3 is 6.18 Å². The molecule has 0 aliphatic carbocycles. The number of ether oxygens (including phenoxy) is 1. The second-order valence-electron chi connectivity index (χ2n) is 13.9. The molecule has 1 heterocycles. The van der Waals surface area contributed by atoms with Gasteiger partial charge in [0.2, 0.25) is 17.6 Å². The summed E-state index contributed by atoms with van der Waals surface area (Å²) in [6.07, 6.45) is 7.92. The molecule has 0 saturated heterocycles. The number of aryl methyl sites for hydroxylation is 2. The van der Waals surface area contributed by atoms with Crippen LogP contribution in [0.25, 0.3) is 11.4 Å². The normalized spacial score (nSPS) is 11.7. The zero-order valence-corrected chi connectivity index (χ0v) is 37.8. The van der Waals surface area contributed by atoms with Crippen molar-refractivity contribution in [3.05, 3.63) is 88.8 Å². The summed E-state index contributed by atoms with van der Waals surface area (Å²) >= 11 is 0. The Morgan fingerprint density at radius 3 is 1.88 bits per heavy atom. The predicted octanol–water partition coefficient (Wildman–Crippen LogP) is 13.8. The molecule has 0 aliphatic rings. The number of benzene rings is 2. The SMILES string of the molecule is C=CCC(C)CC.CC.CC(N)=[NH2+].CCCC.CCCCC(C)c1nc(-c2ccc(OCCCC(C)=C(C)CC)c(C(F)(F)F)c2)no1.Cc1ccccc1C. The molecule has 6 nitrogen and oxygen atoms in total. The summed E-state index contributed by atoms with van der Waals surface area (Å²) in [6, 6.07) is 12.3. The molecule has 3 aromatic rings. The third-order valence-corrected chi connectivity index (χ3v) is 8.80. The number of allylic oxidation sites excluding steroid dienone is 3. The highest BCUT2D eigenvalue weighted by Crippen LogP contribution is 2.39. The standard InChI is InChI=1S/C24H33F3N2O2.C8H10.C7H14.C4H10.C2H6N2.C2H6/c1-6-8-10-18(5)23-28-22(29-31-23)19-12-13-21(20(15-19)24(25,26)27)30-14-9-11-17(4)16(3)7-2;1-7-5-3-4-6-8(7)2;1-4-6-7(3)5-2;1-3-4-2;1-2(3)4;1-2/h12-13,15,18H,6-11,14H2,1-5H3;3-6H,1-2H3;4,7H,1,5-6H2,2-3H3;3-4H2,1-2H3;1H3,(H3,3,4);1-2H3/p+1. The molecule has 4 N–H and O–H groups in total. The van der Waals surface area contributed by atoms with E-state index >= 15 is 0 Å². The van der Waals surface area contributed by atoms with E-state index in [9.17, 15) is 13.2 Å². The van der Waals surface area contributed by atoms with Gasteiger partial charge < -0.3 is 9.26 Å². The van der Waals surface area contributed by atoms with Gasteiger partial charge in [0.1, 0.15) is 5.75 Å². The lowest BCUT2D eigenvalue weighted by molar-refractivity contribution is -0.139. The maximum atomic E-state index is 13.7. The van der Waals surface area contributed by atoms with Crippen LogP contribution in [0.2, 0.25) is 0 Å². The quantitative estimate of drug-likeness (QED) is 0.0691. The molecule has 0 fully saturated rings. The molecular formula is C47H80F3N4O2+. The van der Waals surface area contributed by atoms with E-state index in [0.29, 0.717) is 18.1 Å². The molecule has 1 aromatic heterocycles. The zero-order valence-electron chi connectivity index (χ0n) is 37.8. The van der Waals surface area contributed by atoms with Gasteiger partial charge in [0.15, 0.2) is 0 Å². The van der Waals surface area contributed by atoms with Gasteiger partial charge in [0.25, 0.3) is 0 Å². The lowest BCUT2D eigenvalue weighted by Gasteiger charge is -2.15. The Morgan fingerprint density at radius 2 is 1.46 bits per heavy atom. The minimum absolute atomic E-state index is 0.0692. The maximum absolute atomic E-state index is 13.7. The topological polar surface area (TPSA) is 99.8 Å². The molecule has 0 saturated carbocycles. The lowest BCUT2D eigenvalue weighted by Crippen LogP contribution is -2.43. The summed E-state index contributed by atoms with van der Waals surface area (Å²) in [5, 5.41) is 8.69. The average Bonchev–Trinajstić information content (AvgIpc) is 3.68. The van der Waals surface area contributed by atoms with Crippen molar-refractivity contribution in [3.8, 4) is 17.1 Å². The largest absolute Gasteiger partial charge is 0.493 e. The van der Waals surface area contributed by atoms with Crippen molar-refractivity contribution >= 4 is 5.84 Å². The Morgan fingerprint density at radius 1 is 0.911 bits per heavy atom. The number of nitrogens with two attached hydrogens (primary N) is 2. The van der Waals surface area contributed by atoms with Gasteiger partial charge in [-0.15, -0.1) is 6.58 Å². The van der Waals surface area contributed by atoms with Crippen LogP contribution in [-0.4, -0.2) is 22.6 Å². The summed E-state index contributed by atoms with van der Waals surface area (Å²) in [5.74, 6) is 1.75. The van der Waals surface area contributed by atoms with E-state index in [1.807, 2.05) is 26.8 Å². The number of hydrogen-bond donors (Lipinski definition) is 2. The van der Waals surface area contributed by atoms with Crippen molar-refractivity contribution in [2.75, 3.05) is 6.61 Å². The Labute approximate surface area is 340 Å². The van der Waals surface area contributed by atoms with Crippen LogP contribution in [-0.2, 0) is 6.18 Å². The summed E-state index contributed by atoms with van der Waals surface area (Å²) in [5.41, 5.74) is 9.55. The number of aromatic nitrogens is 2. The van der Waals surface area contributed by atoms with Gasteiger partial charge in [-0.1, -0.05) is 141 Å². The Balaban J connectivity index is -0.000000903. The molecule has 0 spiro atoms. The number of nitrogens with zero attached hydrogens (tertiary/aromatic N) is 2. The molecule has 3 rings (SSSR count). The molecule has 56 heavy (non-hydrogen) atoms. The van der Waals surface area contributed by atoms with E-state index in [1.54, 1.807) is 13.0 Å². The highest BCUT2D eigenvalue weighted by Gasteiger charge is 2.35. The minimum atomic E-state index is -4.54. The Bertz CT molecular complexity index is 1440. The molecule has 0 aliphatic heterocycles. The van der Waals surface area contributed by atoms with Crippen molar-refractivity contribution in [3.63, 3.8) is 0 Å². The Kier molecular flexibility index (Phi) is 34.7. The molecule has 0 amide bonds. The van der Waals surface area contributed by atoms with Crippen LogP contribution in [0.1, 0.15) is 176 Å². The van der Waals surface area contributed by atoms with Crippen molar-refractivity contribution in [2.24, 2.45) is 11.7 Å². The number of hydrogen-bond acceptors (Lipinski definition) is 4. The summed E-state index contributed by atoms with van der Waals surface area (Å²) < 4.78 is 51.7. The van der Waals surface area contributed by atoms with Gasteiger partial charge in [0, 0.05) is 18.4 Å². The number of amidine groups is 1. The van der Waals surface area contributed by atoms with E-state index in [-0.39, 0.29) is 29.7 Å². The predicted molar refractivity (Wildman–Crippen MR) is 235 cm³/mol. The van der Waals surface area contributed by atoms with Crippen LogP contribution in [0.15, 0.2) is 70.8 Å². The van der Waals surface area contributed by atoms with Crippen LogP contribution in [0.3, 0.4) is 0 Å². The lowest BCUT2D eigenvalue weighted by atomic mass is 10.0.